The molecule has 0 unspecified atom stereocenters. The summed E-state index contributed by atoms with van der Waals surface area (Å²) in [7, 11) is 0. The van der Waals surface area contributed by atoms with Crippen molar-refractivity contribution in [3.8, 4) is 10.6 Å². The number of H-pyrrole nitrogens is 1. The molecule has 0 atom stereocenters. The lowest BCUT2D eigenvalue weighted by molar-refractivity contribution is 1.31. The maximum Gasteiger partial charge on any atom is 0.261 e. The van der Waals surface area contributed by atoms with Crippen LogP contribution in [0.4, 0.5) is 0 Å². The number of nitrogens with zero attached hydrogens (tertiary/aromatic N) is 2. The Labute approximate surface area is 94.6 Å². The lowest BCUT2D eigenvalue weighted by Crippen LogP contribution is -1.98. The van der Waals surface area contributed by atoms with Gasteiger partial charge in [0.25, 0.3) is 4.74 Å². The highest BCUT2D eigenvalue weighted by Crippen LogP contribution is 2.20. The number of benzene rings is 1. The minimum Gasteiger partial charge on any atom is -0.339 e. The first-order valence-corrected chi connectivity index (χ1v) is 5.56. The number of hydrogen-bond acceptors (Lipinski definition) is 4. The van der Waals surface area contributed by atoms with Crippen molar-refractivity contribution in [1.82, 2.24) is 15.0 Å². The van der Waals surface area contributed by atoms with E-state index in [0.29, 0.717) is 16.2 Å². The van der Waals surface area contributed by atoms with E-state index in [0.717, 1.165) is 16.9 Å². The standard InChI is InChI=1S/C11H7N3OS/c15-11-8-9(13-6-12-8)14-10(16-11)7-4-2-1-3-5-7/h1-6H,(H,12,13). The Bertz CT molecular complexity index is 687. The highest BCUT2D eigenvalue weighted by molar-refractivity contribution is 7.13. The molecule has 3 rings (SSSR count). The quantitative estimate of drug-likeness (QED) is 0.694. The van der Waals surface area contributed by atoms with Gasteiger partial charge in [-0.05, 0) is 0 Å². The van der Waals surface area contributed by atoms with Crippen LogP contribution in [0.25, 0.3) is 21.7 Å². The van der Waals surface area contributed by atoms with Crippen molar-refractivity contribution in [2.45, 2.75) is 0 Å². The molecule has 2 aromatic heterocycles. The normalized spacial score (nSPS) is 10.8. The van der Waals surface area contributed by atoms with Crippen molar-refractivity contribution in [1.29, 1.82) is 0 Å². The molecule has 0 spiro atoms. The van der Waals surface area contributed by atoms with E-state index in [1.54, 1.807) is 0 Å². The lowest BCUT2D eigenvalue weighted by Gasteiger charge is -1.97. The molecule has 3 aromatic rings. The van der Waals surface area contributed by atoms with Crippen molar-refractivity contribution < 1.29 is 0 Å². The number of nitrogens with one attached hydrogen (secondary N) is 1. The van der Waals surface area contributed by atoms with E-state index in [1.165, 1.54) is 6.33 Å². The van der Waals surface area contributed by atoms with Crippen molar-refractivity contribution in [3.63, 3.8) is 0 Å². The van der Waals surface area contributed by atoms with E-state index in [2.05, 4.69) is 15.0 Å². The maximum absolute atomic E-state index is 11.7. The summed E-state index contributed by atoms with van der Waals surface area (Å²) in [6.07, 6.45) is 1.49. The second kappa shape index (κ2) is 3.53. The van der Waals surface area contributed by atoms with Gasteiger partial charge in [-0.1, -0.05) is 41.7 Å². The van der Waals surface area contributed by atoms with Crippen LogP contribution in [0.3, 0.4) is 0 Å². The third-order valence-electron chi connectivity index (χ3n) is 2.24. The van der Waals surface area contributed by atoms with Gasteiger partial charge < -0.3 is 4.98 Å². The predicted molar refractivity (Wildman–Crippen MR) is 63.5 cm³/mol. The van der Waals surface area contributed by atoms with Gasteiger partial charge >= 0.3 is 0 Å². The summed E-state index contributed by atoms with van der Waals surface area (Å²) in [4.78, 5) is 22.9. The lowest BCUT2D eigenvalue weighted by atomic mass is 10.2. The molecule has 78 valence electrons. The van der Waals surface area contributed by atoms with Crippen LogP contribution in [0.5, 0.6) is 0 Å². The second-order valence-electron chi connectivity index (χ2n) is 3.27. The third-order valence-corrected chi connectivity index (χ3v) is 3.15. The zero-order valence-electron chi connectivity index (χ0n) is 8.18. The number of hydrogen-bond donors (Lipinski definition) is 1. The third kappa shape index (κ3) is 1.42. The van der Waals surface area contributed by atoms with Gasteiger partial charge in [0.15, 0.2) is 5.65 Å². The number of fused-ring (bicyclic) bond motifs is 1. The molecule has 0 radical (unpaired) electrons. The molecule has 1 N–H and O–H groups in total. The van der Waals surface area contributed by atoms with Crippen molar-refractivity contribution >= 4 is 22.5 Å². The van der Waals surface area contributed by atoms with E-state index >= 15 is 0 Å². The monoisotopic (exact) mass is 229 g/mol. The molecule has 0 bridgehead atoms. The molecule has 4 nitrogen and oxygen atoms in total. The van der Waals surface area contributed by atoms with Gasteiger partial charge in [-0.15, -0.1) is 0 Å². The van der Waals surface area contributed by atoms with Gasteiger partial charge in [0, 0.05) is 5.56 Å². The van der Waals surface area contributed by atoms with Crippen LogP contribution in [0.1, 0.15) is 0 Å². The van der Waals surface area contributed by atoms with Crippen LogP contribution in [0.15, 0.2) is 41.5 Å². The van der Waals surface area contributed by atoms with Crippen LogP contribution in [0.2, 0.25) is 0 Å². The van der Waals surface area contributed by atoms with Gasteiger partial charge in [-0.2, -0.15) is 0 Å². The summed E-state index contributed by atoms with van der Waals surface area (Å²) in [5.41, 5.74) is 1.89. The fraction of sp³-hybridized carbons (Fsp3) is 0. The molecule has 1 aromatic carbocycles. The topological polar surface area (TPSA) is 58.6 Å². The smallest absolute Gasteiger partial charge is 0.261 e. The molecule has 5 heteroatoms. The maximum atomic E-state index is 11.7. The molecule has 2 heterocycles. The Kier molecular flexibility index (Phi) is 2.04. The Morgan fingerprint density at radius 1 is 1.19 bits per heavy atom. The highest BCUT2D eigenvalue weighted by atomic mass is 32.1. The average Bonchev–Trinajstić information content (AvgIpc) is 2.79. The Hall–Kier alpha value is -2.01. The predicted octanol–water partition coefficient (Wildman–Crippen LogP) is 2.05. The minimum atomic E-state index is -0.0404. The summed E-state index contributed by atoms with van der Waals surface area (Å²) in [6.45, 7) is 0. The van der Waals surface area contributed by atoms with Gasteiger partial charge in [-0.3, -0.25) is 4.79 Å². The molecule has 0 fully saturated rings. The SMILES string of the molecule is O=c1sc(-c2ccccc2)nc2nc[nH]c12. The van der Waals surface area contributed by atoms with E-state index in [4.69, 9.17) is 0 Å². The zero-order valence-corrected chi connectivity index (χ0v) is 8.99. The molecular formula is C11H7N3OS. The summed E-state index contributed by atoms with van der Waals surface area (Å²) in [5, 5.41) is 0.699. The molecule has 0 saturated carbocycles. The number of rotatable bonds is 1. The summed E-state index contributed by atoms with van der Waals surface area (Å²) in [6, 6.07) is 9.62. The summed E-state index contributed by atoms with van der Waals surface area (Å²) in [5.74, 6) is 0. The van der Waals surface area contributed by atoms with Crippen LogP contribution < -0.4 is 4.74 Å². The average molecular weight is 229 g/mol. The van der Waals surface area contributed by atoms with Crippen LogP contribution in [-0.4, -0.2) is 15.0 Å². The van der Waals surface area contributed by atoms with Crippen LogP contribution >= 0.6 is 11.3 Å². The van der Waals surface area contributed by atoms with E-state index in [1.807, 2.05) is 30.3 Å². The zero-order chi connectivity index (χ0) is 11.0. The molecular weight excluding hydrogens is 222 g/mol. The Morgan fingerprint density at radius 3 is 2.81 bits per heavy atom. The fourth-order valence-electron chi connectivity index (χ4n) is 1.48. The molecule has 0 amide bonds. The van der Waals surface area contributed by atoms with Gasteiger partial charge in [0.2, 0.25) is 0 Å². The van der Waals surface area contributed by atoms with Crippen molar-refractivity contribution in [2.75, 3.05) is 0 Å². The minimum absolute atomic E-state index is 0.0404. The summed E-state index contributed by atoms with van der Waals surface area (Å²) < 4.78 is -0.0404. The fourth-order valence-corrected chi connectivity index (χ4v) is 2.30. The number of aromatic nitrogens is 3. The number of imidazole rings is 1. The van der Waals surface area contributed by atoms with Gasteiger partial charge in [-0.25, -0.2) is 9.97 Å². The first-order valence-electron chi connectivity index (χ1n) is 4.74. The van der Waals surface area contributed by atoms with Crippen LogP contribution in [-0.2, 0) is 0 Å². The number of aromatic amines is 1. The highest BCUT2D eigenvalue weighted by Gasteiger charge is 2.07. The first-order chi connectivity index (χ1) is 7.84. The molecule has 16 heavy (non-hydrogen) atoms. The Morgan fingerprint density at radius 2 is 2.00 bits per heavy atom. The van der Waals surface area contributed by atoms with Crippen LogP contribution in [0, 0.1) is 0 Å². The van der Waals surface area contributed by atoms with E-state index in [9.17, 15) is 4.79 Å². The molecule has 0 aliphatic heterocycles. The van der Waals surface area contributed by atoms with Gasteiger partial charge in [0.05, 0.1) is 6.33 Å². The van der Waals surface area contributed by atoms with E-state index < -0.39 is 0 Å². The molecule has 0 saturated heterocycles. The molecule has 0 aliphatic carbocycles. The van der Waals surface area contributed by atoms with Crippen molar-refractivity contribution in [2.24, 2.45) is 0 Å². The summed E-state index contributed by atoms with van der Waals surface area (Å²) >= 11 is 1.13. The van der Waals surface area contributed by atoms with Gasteiger partial charge in [0.1, 0.15) is 10.5 Å². The van der Waals surface area contributed by atoms with Crippen molar-refractivity contribution in [3.05, 3.63) is 46.2 Å². The Balaban J connectivity index is 2.30. The second-order valence-corrected chi connectivity index (χ2v) is 4.24. The first kappa shape index (κ1) is 9.23. The van der Waals surface area contributed by atoms with E-state index in [-0.39, 0.29) is 4.74 Å². The molecule has 0 aliphatic rings. The largest absolute Gasteiger partial charge is 0.339 e.